The second kappa shape index (κ2) is 10.6. The number of halogens is 3. The summed E-state index contributed by atoms with van der Waals surface area (Å²) in [5.41, 5.74) is 3.35. The van der Waals surface area contributed by atoms with Gasteiger partial charge in [0.15, 0.2) is 0 Å². The first-order valence-corrected chi connectivity index (χ1v) is 11.1. The van der Waals surface area contributed by atoms with Crippen molar-refractivity contribution in [1.29, 1.82) is 0 Å². The fourth-order valence-electron chi connectivity index (χ4n) is 3.32. The van der Waals surface area contributed by atoms with Gasteiger partial charge in [0.05, 0.1) is 21.2 Å². The van der Waals surface area contributed by atoms with Gasteiger partial charge in [-0.05, 0) is 43.5 Å². The van der Waals surface area contributed by atoms with Gasteiger partial charge in [0.25, 0.3) is 5.69 Å². The molecule has 10 nitrogen and oxygen atoms in total. The third-order valence-corrected chi connectivity index (χ3v) is 5.80. The Hall–Kier alpha value is -3.57. The molecule has 4 rings (SSSR count). The van der Waals surface area contributed by atoms with Crippen molar-refractivity contribution in [3.05, 3.63) is 67.9 Å². The van der Waals surface area contributed by atoms with Crippen LogP contribution < -0.4 is 15.6 Å². The molecule has 1 aliphatic rings. The molecule has 176 valence electrons. The number of nitrogens with one attached hydrogen (secondary N) is 2. The van der Waals surface area contributed by atoms with Gasteiger partial charge in [0, 0.05) is 36.5 Å². The van der Waals surface area contributed by atoms with Gasteiger partial charge in [-0.3, -0.25) is 10.1 Å². The molecule has 0 radical (unpaired) electrons. The van der Waals surface area contributed by atoms with Crippen molar-refractivity contribution >= 4 is 58.6 Å². The molecule has 1 aliphatic heterocycles. The van der Waals surface area contributed by atoms with Gasteiger partial charge in [0.2, 0.25) is 17.8 Å². The van der Waals surface area contributed by atoms with Crippen molar-refractivity contribution in [2.24, 2.45) is 5.10 Å². The van der Waals surface area contributed by atoms with Crippen LogP contribution in [0.2, 0.25) is 10.0 Å². The monoisotopic (exact) mass is 504 g/mol. The topological polar surface area (TPSA) is 121 Å². The number of benzene rings is 2. The number of hydrogen-bond acceptors (Lipinski definition) is 9. The van der Waals surface area contributed by atoms with E-state index in [1.54, 1.807) is 12.1 Å². The van der Waals surface area contributed by atoms with Crippen LogP contribution in [0.1, 0.15) is 24.8 Å². The average molecular weight is 505 g/mol. The van der Waals surface area contributed by atoms with Gasteiger partial charge >= 0.3 is 0 Å². The molecule has 1 saturated heterocycles. The molecule has 0 amide bonds. The lowest BCUT2D eigenvalue weighted by molar-refractivity contribution is -0.384. The first kappa shape index (κ1) is 23.6. The highest BCUT2D eigenvalue weighted by molar-refractivity contribution is 6.43. The Morgan fingerprint density at radius 2 is 1.76 bits per heavy atom. The van der Waals surface area contributed by atoms with Crippen LogP contribution in [0.3, 0.4) is 0 Å². The van der Waals surface area contributed by atoms with Crippen LogP contribution in [0.5, 0.6) is 0 Å². The molecule has 2 aromatic carbocycles. The third kappa shape index (κ3) is 5.86. The fraction of sp³-hybridized carbons (Fsp3) is 0.238. The Kier molecular flexibility index (Phi) is 7.33. The van der Waals surface area contributed by atoms with Crippen LogP contribution in [-0.4, -0.2) is 39.2 Å². The largest absolute Gasteiger partial charge is 0.341 e. The van der Waals surface area contributed by atoms with E-state index in [1.165, 1.54) is 30.5 Å². The highest BCUT2D eigenvalue weighted by atomic mass is 35.5. The van der Waals surface area contributed by atoms with Crippen LogP contribution in [0, 0.1) is 15.9 Å². The summed E-state index contributed by atoms with van der Waals surface area (Å²) in [5, 5.41) is 18.4. The average Bonchev–Trinajstić information content (AvgIpc) is 2.83. The third-order valence-electron chi connectivity index (χ3n) is 4.98. The number of non-ortho nitro benzene ring substituents is 1. The first-order valence-electron chi connectivity index (χ1n) is 10.3. The SMILES string of the molecule is O=[N+]([O-])c1cc(Cl)c(Cl)c(/C=N/Nc2nc(Nc3ccc(F)cc3)nc(N3CCCCC3)n2)c1. The maximum Gasteiger partial charge on any atom is 0.271 e. The van der Waals surface area contributed by atoms with E-state index in [1.807, 2.05) is 4.90 Å². The molecule has 2 N–H and O–H groups in total. The smallest absolute Gasteiger partial charge is 0.271 e. The van der Waals surface area contributed by atoms with Crippen LogP contribution in [0.15, 0.2) is 41.5 Å². The van der Waals surface area contributed by atoms with Gasteiger partial charge in [-0.1, -0.05) is 23.2 Å². The molecule has 34 heavy (non-hydrogen) atoms. The zero-order valence-electron chi connectivity index (χ0n) is 17.7. The lowest BCUT2D eigenvalue weighted by Crippen LogP contribution is -2.31. The number of anilines is 4. The Bertz CT molecular complexity index is 1220. The van der Waals surface area contributed by atoms with Crippen LogP contribution >= 0.6 is 23.2 Å². The molecule has 0 saturated carbocycles. The summed E-state index contributed by atoms with van der Waals surface area (Å²) in [5.74, 6) is 0.501. The Morgan fingerprint density at radius 3 is 2.47 bits per heavy atom. The molecule has 1 fully saturated rings. The number of nitro groups is 1. The molecule has 1 aromatic heterocycles. The van der Waals surface area contributed by atoms with Gasteiger partial charge in [-0.25, -0.2) is 9.82 Å². The Balaban J connectivity index is 1.60. The number of aromatic nitrogens is 3. The number of hydrogen-bond donors (Lipinski definition) is 2. The summed E-state index contributed by atoms with van der Waals surface area (Å²) in [7, 11) is 0. The summed E-state index contributed by atoms with van der Waals surface area (Å²) < 4.78 is 13.2. The van der Waals surface area contributed by atoms with Gasteiger partial charge < -0.3 is 10.2 Å². The lowest BCUT2D eigenvalue weighted by Gasteiger charge is -2.26. The highest BCUT2D eigenvalue weighted by Crippen LogP contribution is 2.30. The molecular weight excluding hydrogens is 486 g/mol. The van der Waals surface area contributed by atoms with E-state index in [0.29, 0.717) is 11.6 Å². The van der Waals surface area contributed by atoms with Crippen molar-refractivity contribution in [3.63, 3.8) is 0 Å². The quantitative estimate of drug-likeness (QED) is 0.249. The summed E-state index contributed by atoms with van der Waals surface area (Å²) in [6, 6.07) is 8.21. The number of nitro benzene ring substituents is 1. The number of rotatable bonds is 7. The minimum Gasteiger partial charge on any atom is -0.341 e. The zero-order chi connectivity index (χ0) is 24.1. The first-order chi connectivity index (χ1) is 16.4. The molecule has 0 bridgehead atoms. The minimum atomic E-state index is -0.572. The van der Waals surface area contributed by atoms with Crippen molar-refractivity contribution in [1.82, 2.24) is 15.0 Å². The minimum absolute atomic E-state index is 0.0376. The van der Waals surface area contributed by atoms with Crippen molar-refractivity contribution in [2.45, 2.75) is 19.3 Å². The fourth-order valence-corrected chi connectivity index (χ4v) is 3.70. The molecule has 0 unspecified atom stereocenters. The predicted molar refractivity (Wildman–Crippen MR) is 130 cm³/mol. The van der Waals surface area contributed by atoms with E-state index < -0.39 is 4.92 Å². The van der Waals surface area contributed by atoms with Crippen LogP contribution in [-0.2, 0) is 0 Å². The van der Waals surface area contributed by atoms with Gasteiger partial charge in [-0.2, -0.15) is 20.1 Å². The summed E-state index contributed by atoms with van der Waals surface area (Å²) in [6.45, 7) is 1.62. The molecule has 0 spiro atoms. The number of piperidine rings is 1. The van der Waals surface area contributed by atoms with Gasteiger partial charge in [-0.15, -0.1) is 0 Å². The summed E-state index contributed by atoms with van der Waals surface area (Å²) in [4.78, 5) is 25.8. The Morgan fingerprint density at radius 1 is 1.06 bits per heavy atom. The molecule has 0 atom stereocenters. The highest BCUT2D eigenvalue weighted by Gasteiger charge is 2.17. The standard InChI is InChI=1S/C21H19Cl2FN8O2/c22-17-11-16(32(33)34)10-13(18(17)23)12-25-30-20-27-19(26-15-6-4-14(24)5-7-15)28-21(29-20)31-8-2-1-3-9-31/h4-7,10-12H,1-3,8-9H2,(H2,26,27,28,29,30)/b25-12+. The van der Waals surface area contributed by atoms with Gasteiger partial charge in [0.1, 0.15) is 5.82 Å². The second-order valence-corrected chi connectivity index (χ2v) is 8.21. The normalized spacial score (nSPS) is 13.8. The number of hydrazone groups is 1. The molecule has 0 aliphatic carbocycles. The maximum absolute atomic E-state index is 13.2. The molecular formula is C21H19Cl2FN8O2. The maximum atomic E-state index is 13.2. The van der Waals surface area contributed by atoms with E-state index in [0.717, 1.165) is 32.4 Å². The van der Waals surface area contributed by atoms with Crippen LogP contribution in [0.4, 0.5) is 33.6 Å². The van der Waals surface area contributed by atoms with E-state index in [2.05, 4.69) is 30.8 Å². The van der Waals surface area contributed by atoms with Crippen LogP contribution in [0.25, 0.3) is 0 Å². The van der Waals surface area contributed by atoms with Crippen molar-refractivity contribution in [3.8, 4) is 0 Å². The molecule has 3 aromatic rings. The lowest BCUT2D eigenvalue weighted by atomic mass is 10.1. The van der Waals surface area contributed by atoms with Crippen molar-refractivity contribution < 1.29 is 9.31 Å². The second-order valence-electron chi connectivity index (χ2n) is 7.42. The van der Waals surface area contributed by atoms with E-state index in [4.69, 9.17) is 23.2 Å². The van der Waals surface area contributed by atoms with Crippen molar-refractivity contribution in [2.75, 3.05) is 28.7 Å². The zero-order valence-corrected chi connectivity index (χ0v) is 19.2. The Labute approximate surface area is 204 Å². The summed E-state index contributed by atoms with van der Waals surface area (Å²) in [6.07, 6.45) is 4.49. The van der Waals surface area contributed by atoms with E-state index >= 15 is 0 Å². The molecule has 2 heterocycles. The predicted octanol–water partition coefficient (Wildman–Crippen LogP) is 5.41. The molecule has 13 heteroatoms. The number of nitrogens with zero attached hydrogens (tertiary/aromatic N) is 6. The van der Waals surface area contributed by atoms with E-state index in [9.17, 15) is 14.5 Å². The van der Waals surface area contributed by atoms with E-state index in [-0.39, 0.29) is 39.0 Å². The summed E-state index contributed by atoms with van der Waals surface area (Å²) >= 11 is 12.1.